The van der Waals surface area contributed by atoms with Gasteiger partial charge in [0.2, 0.25) is 5.92 Å². The molecule has 1 aromatic heterocycles. The van der Waals surface area contributed by atoms with Gasteiger partial charge < -0.3 is 8.87 Å². The Labute approximate surface area is 188 Å². The lowest BCUT2D eigenvalue weighted by Crippen LogP contribution is -3.03. The fourth-order valence-electron chi connectivity index (χ4n) is 4.43. The number of hydrogen-bond donors (Lipinski definition) is 1. The summed E-state index contributed by atoms with van der Waals surface area (Å²) in [5.41, 5.74) is 3.04. The second-order valence-electron chi connectivity index (χ2n) is 10.1. The lowest BCUT2D eigenvalue weighted by atomic mass is 9.86. The molecule has 0 saturated heterocycles. The van der Waals surface area contributed by atoms with Crippen LogP contribution < -0.4 is 9.21 Å². The molecule has 1 saturated carbocycles. The van der Waals surface area contributed by atoms with Crippen LogP contribution in [-0.2, 0) is 12.0 Å². The number of halogens is 2. The Kier molecular flexibility index (Phi) is 5.98. The molecule has 4 rings (SSSR count). The van der Waals surface area contributed by atoms with E-state index in [1.807, 2.05) is 0 Å². The average Bonchev–Trinajstić information content (AvgIpc) is 3.26. The number of hydrogen-bond acceptors (Lipinski definition) is 4. The van der Waals surface area contributed by atoms with Crippen LogP contribution in [0.15, 0.2) is 30.6 Å². The Morgan fingerprint density at radius 2 is 1.97 bits per heavy atom. The zero-order valence-electron chi connectivity index (χ0n) is 19.2. The highest BCUT2D eigenvalue weighted by atomic mass is 32.2. The minimum absolute atomic E-state index is 0.00314. The molecular formula is C23H34F2N5S+. The molecule has 1 aromatic carbocycles. The molecule has 0 amide bonds. The van der Waals surface area contributed by atoms with Crippen molar-refractivity contribution in [2.75, 3.05) is 25.1 Å². The maximum atomic E-state index is 13.6. The second kappa shape index (κ2) is 8.28. The SMILES string of the molecule is CN(SN1C=C[NH+](C)C1)c1ccc2c(c1)nc(C(C)(C)C)n2CC1CCC(F)(F)CC1. The van der Waals surface area contributed by atoms with Crippen molar-refractivity contribution in [1.82, 2.24) is 13.9 Å². The average molecular weight is 451 g/mol. The number of anilines is 1. The van der Waals surface area contributed by atoms with Gasteiger partial charge in [0.15, 0.2) is 6.67 Å². The fraction of sp³-hybridized carbons (Fsp3) is 0.609. The van der Waals surface area contributed by atoms with Gasteiger partial charge in [-0.05, 0) is 37.0 Å². The molecule has 31 heavy (non-hydrogen) atoms. The lowest BCUT2D eigenvalue weighted by Gasteiger charge is -2.30. The van der Waals surface area contributed by atoms with Crippen LogP contribution in [0.1, 0.15) is 52.3 Å². The molecule has 2 heterocycles. The minimum atomic E-state index is -2.49. The van der Waals surface area contributed by atoms with Gasteiger partial charge in [0.1, 0.15) is 12.0 Å². The summed E-state index contributed by atoms with van der Waals surface area (Å²) in [6, 6.07) is 6.41. The van der Waals surface area contributed by atoms with Gasteiger partial charge in [-0.3, -0.25) is 9.21 Å². The zero-order valence-corrected chi connectivity index (χ0v) is 20.0. The first-order valence-electron chi connectivity index (χ1n) is 11.1. The van der Waals surface area contributed by atoms with Crippen molar-refractivity contribution in [3.63, 3.8) is 0 Å². The Balaban J connectivity index is 1.59. The molecule has 1 N–H and O–H groups in total. The molecule has 2 aliphatic rings. The third-order valence-corrected chi connectivity index (χ3v) is 7.12. The van der Waals surface area contributed by atoms with E-state index in [1.165, 1.54) is 4.90 Å². The summed E-state index contributed by atoms with van der Waals surface area (Å²) in [7, 11) is 4.20. The van der Waals surface area contributed by atoms with Crippen LogP contribution in [0, 0.1) is 5.92 Å². The van der Waals surface area contributed by atoms with Crippen molar-refractivity contribution in [3.8, 4) is 0 Å². The largest absolute Gasteiger partial charge is 0.327 e. The molecule has 0 bridgehead atoms. The van der Waals surface area contributed by atoms with Crippen molar-refractivity contribution in [2.24, 2.45) is 5.92 Å². The molecule has 5 nitrogen and oxygen atoms in total. The van der Waals surface area contributed by atoms with Crippen LogP contribution in [0.5, 0.6) is 0 Å². The van der Waals surface area contributed by atoms with Gasteiger partial charge in [-0.2, -0.15) is 0 Å². The summed E-state index contributed by atoms with van der Waals surface area (Å²) >= 11 is 1.67. The number of fused-ring (bicyclic) bond motifs is 1. The van der Waals surface area contributed by atoms with E-state index in [9.17, 15) is 8.78 Å². The summed E-state index contributed by atoms with van der Waals surface area (Å²) in [6.07, 6.45) is 5.41. The van der Waals surface area contributed by atoms with Crippen LogP contribution in [0.2, 0.25) is 0 Å². The molecule has 2 aromatic rings. The molecule has 1 aliphatic carbocycles. The smallest absolute Gasteiger partial charge is 0.248 e. The third-order valence-electron chi connectivity index (χ3n) is 6.20. The Bertz CT molecular complexity index is 955. The molecular weight excluding hydrogens is 416 g/mol. The molecule has 0 spiro atoms. The topological polar surface area (TPSA) is 28.7 Å². The van der Waals surface area contributed by atoms with Crippen molar-refractivity contribution < 1.29 is 13.7 Å². The molecule has 1 atom stereocenters. The van der Waals surface area contributed by atoms with Gasteiger partial charge in [-0.15, -0.1) is 0 Å². The lowest BCUT2D eigenvalue weighted by molar-refractivity contribution is -0.824. The third kappa shape index (κ3) is 5.00. The maximum absolute atomic E-state index is 13.6. The van der Waals surface area contributed by atoms with E-state index in [-0.39, 0.29) is 24.2 Å². The number of quaternary nitrogens is 1. The highest BCUT2D eigenvalue weighted by molar-refractivity contribution is 7.98. The number of benzene rings is 1. The molecule has 1 unspecified atom stereocenters. The van der Waals surface area contributed by atoms with E-state index in [4.69, 9.17) is 4.98 Å². The van der Waals surface area contributed by atoms with E-state index in [0.717, 1.165) is 35.8 Å². The zero-order chi connectivity index (χ0) is 22.4. The van der Waals surface area contributed by atoms with Crippen LogP contribution in [0.25, 0.3) is 11.0 Å². The van der Waals surface area contributed by atoms with E-state index in [2.05, 4.69) is 78.6 Å². The van der Waals surface area contributed by atoms with Crippen LogP contribution in [0.4, 0.5) is 14.5 Å². The minimum Gasteiger partial charge on any atom is -0.327 e. The standard InChI is InChI=1S/C23H33F2N5S/c1-22(2,3)21-26-19-14-18(28(5)31-29-13-12-27(4)16-29)6-7-20(19)30(21)15-17-8-10-23(24,25)11-9-17/h6-7,12-14,17H,8-11,15-16H2,1-5H3/p+1. The quantitative estimate of drug-likeness (QED) is 0.683. The highest BCUT2D eigenvalue weighted by Gasteiger charge is 2.35. The Hall–Kier alpha value is -1.80. The number of nitrogens with one attached hydrogen (secondary N) is 1. The van der Waals surface area contributed by atoms with Gasteiger partial charge in [0.25, 0.3) is 0 Å². The molecule has 170 valence electrons. The van der Waals surface area contributed by atoms with E-state index >= 15 is 0 Å². The maximum Gasteiger partial charge on any atom is 0.248 e. The van der Waals surface area contributed by atoms with Crippen molar-refractivity contribution >= 4 is 28.9 Å². The monoisotopic (exact) mass is 450 g/mol. The molecule has 8 heteroatoms. The van der Waals surface area contributed by atoms with Gasteiger partial charge >= 0.3 is 0 Å². The predicted octanol–water partition coefficient (Wildman–Crippen LogP) is 4.42. The van der Waals surface area contributed by atoms with E-state index in [0.29, 0.717) is 12.8 Å². The van der Waals surface area contributed by atoms with Gasteiger partial charge in [-0.25, -0.2) is 13.8 Å². The summed E-state index contributed by atoms with van der Waals surface area (Å²) < 4.78 is 33.9. The first-order valence-corrected chi connectivity index (χ1v) is 11.8. The summed E-state index contributed by atoms with van der Waals surface area (Å²) in [4.78, 5) is 6.36. The second-order valence-corrected chi connectivity index (χ2v) is 11.3. The first kappa shape index (κ1) is 22.4. The highest BCUT2D eigenvalue weighted by Crippen LogP contribution is 2.38. The predicted molar refractivity (Wildman–Crippen MR) is 124 cm³/mol. The normalized spacial score (nSPS) is 21.9. The molecule has 1 aliphatic heterocycles. The van der Waals surface area contributed by atoms with Crippen molar-refractivity contribution in [2.45, 2.75) is 64.3 Å². The van der Waals surface area contributed by atoms with E-state index < -0.39 is 5.92 Å². The van der Waals surface area contributed by atoms with Gasteiger partial charge in [-0.1, -0.05) is 20.8 Å². The van der Waals surface area contributed by atoms with Crippen LogP contribution >= 0.6 is 12.1 Å². The Morgan fingerprint density at radius 1 is 1.26 bits per heavy atom. The molecule has 1 fully saturated rings. The first-order chi connectivity index (χ1) is 14.5. The van der Waals surface area contributed by atoms with Crippen molar-refractivity contribution in [1.29, 1.82) is 0 Å². The number of nitrogens with zero attached hydrogens (tertiary/aromatic N) is 4. The van der Waals surface area contributed by atoms with Crippen molar-refractivity contribution in [3.05, 3.63) is 36.4 Å². The number of imidazole rings is 1. The number of rotatable bonds is 5. The van der Waals surface area contributed by atoms with Crippen LogP contribution in [-0.4, -0.2) is 40.5 Å². The van der Waals surface area contributed by atoms with Gasteiger partial charge in [0, 0.05) is 31.8 Å². The number of alkyl halides is 2. The summed E-state index contributed by atoms with van der Waals surface area (Å²) in [5.74, 6) is -1.18. The van der Waals surface area contributed by atoms with Crippen LogP contribution in [0.3, 0.4) is 0 Å². The number of aromatic nitrogens is 2. The fourth-order valence-corrected chi connectivity index (χ4v) is 5.33. The van der Waals surface area contributed by atoms with E-state index in [1.54, 1.807) is 12.1 Å². The summed E-state index contributed by atoms with van der Waals surface area (Å²) in [6.45, 7) is 8.20. The van der Waals surface area contributed by atoms with Gasteiger partial charge in [0.05, 0.1) is 42.1 Å². The Morgan fingerprint density at radius 3 is 2.58 bits per heavy atom. The summed E-state index contributed by atoms with van der Waals surface area (Å²) in [5, 5.41) is 0. The molecule has 0 radical (unpaired) electrons.